The second-order valence-corrected chi connectivity index (χ2v) is 6.20. The first-order valence-electron chi connectivity index (χ1n) is 8.65. The molecular formula is C20H24N4O. The second kappa shape index (κ2) is 8.33. The fraction of sp³-hybridized carbons (Fsp3) is 0.300. The predicted octanol–water partition coefficient (Wildman–Crippen LogP) is 3.71. The molecular weight excluding hydrogens is 312 g/mol. The largest absolute Gasteiger partial charge is 0.387 e. The molecule has 0 radical (unpaired) electrons. The zero-order chi connectivity index (χ0) is 17.5. The van der Waals surface area contributed by atoms with Crippen molar-refractivity contribution in [3.8, 4) is 0 Å². The molecule has 0 amide bonds. The van der Waals surface area contributed by atoms with Gasteiger partial charge >= 0.3 is 0 Å². The van der Waals surface area contributed by atoms with Gasteiger partial charge in [-0.1, -0.05) is 18.2 Å². The summed E-state index contributed by atoms with van der Waals surface area (Å²) in [7, 11) is 1.89. The van der Waals surface area contributed by atoms with Crippen LogP contribution in [0.1, 0.15) is 12.8 Å². The number of pyridine rings is 1. The lowest BCUT2D eigenvalue weighted by Crippen LogP contribution is -2.34. The number of aromatic amines is 1. The van der Waals surface area contributed by atoms with Crippen molar-refractivity contribution < 1.29 is 4.79 Å². The van der Waals surface area contributed by atoms with Crippen molar-refractivity contribution >= 4 is 28.6 Å². The summed E-state index contributed by atoms with van der Waals surface area (Å²) < 4.78 is 0. The van der Waals surface area contributed by atoms with Crippen molar-refractivity contribution in [3.63, 3.8) is 0 Å². The lowest BCUT2D eigenvalue weighted by atomic mass is 9.98. The maximum atomic E-state index is 10.7. The average Bonchev–Trinajstić information content (AvgIpc) is 3.22. The van der Waals surface area contributed by atoms with Gasteiger partial charge in [-0.2, -0.15) is 0 Å². The van der Waals surface area contributed by atoms with Crippen molar-refractivity contribution in [1.29, 1.82) is 0 Å². The number of nitrogens with one attached hydrogen (secondary N) is 2. The normalized spacial score (nSPS) is 14.7. The Morgan fingerprint density at radius 1 is 1.24 bits per heavy atom. The van der Waals surface area contributed by atoms with Crippen LogP contribution in [0.25, 0.3) is 10.9 Å². The second-order valence-electron chi connectivity index (χ2n) is 6.20. The summed E-state index contributed by atoms with van der Waals surface area (Å²) in [6, 6.07) is 12.3. The van der Waals surface area contributed by atoms with Gasteiger partial charge in [-0.3, -0.25) is 4.98 Å². The van der Waals surface area contributed by atoms with E-state index < -0.39 is 0 Å². The number of para-hydroxylation sites is 1. The topological polar surface area (TPSA) is 61.0 Å². The molecule has 2 N–H and O–H groups in total. The standard InChI is InChI=1S/C15H16N2O.C5H8N2/c18-11-12-5-7-17(8-6-12)14-9-13-3-1-2-4-15(13)16-10-14;1-6-5-2-3-7-4-5/h1-4,9-12H,5-8H2;2-4,6-7H,1H3. The number of rotatable bonds is 3. The zero-order valence-electron chi connectivity index (χ0n) is 14.5. The minimum Gasteiger partial charge on any atom is -0.387 e. The number of piperidine rings is 1. The third kappa shape index (κ3) is 4.38. The molecule has 0 atom stereocenters. The van der Waals surface area contributed by atoms with Crippen LogP contribution in [0, 0.1) is 5.92 Å². The van der Waals surface area contributed by atoms with Gasteiger partial charge in [0.2, 0.25) is 0 Å². The Labute approximate surface area is 148 Å². The SMILES string of the molecule is CNc1cc[nH]c1.O=CC1CCN(c2cnc3ccccc3c2)CC1. The van der Waals surface area contributed by atoms with E-state index in [9.17, 15) is 4.79 Å². The Kier molecular flexibility index (Phi) is 5.67. The van der Waals surface area contributed by atoms with Crippen molar-refractivity contribution in [1.82, 2.24) is 9.97 Å². The maximum absolute atomic E-state index is 10.7. The van der Waals surface area contributed by atoms with E-state index >= 15 is 0 Å². The number of fused-ring (bicyclic) bond motifs is 1. The van der Waals surface area contributed by atoms with Crippen LogP contribution in [0.3, 0.4) is 0 Å². The van der Waals surface area contributed by atoms with Crippen LogP contribution >= 0.6 is 0 Å². The smallest absolute Gasteiger partial charge is 0.123 e. The first-order chi connectivity index (χ1) is 12.3. The highest BCUT2D eigenvalue weighted by Gasteiger charge is 2.18. The first-order valence-corrected chi connectivity index (χ1v) is 8.65. The fourth-order valence-corrected chi connectivity index (χ4v) is 3.01. The number of anilines is 2. The average molecular weight is 336 g/mol. The fourth-order valence-electron chi connectivity index (χ4n) is 3.01. The molecule has 3 heterocycles. The number of aldehydes is 1. The van der Waals surface area contributed by atoms with Crippen molar-refractivity contribution in [2.75, 3.05) is 30.4 Å². The lowest BCUT2D eigenvalue weighted by Gasteiger charge is -2.31. The number of H-pyrrole nitrogens is 1. The van der Waals surface area contributed by atoms with Crippen molar-refractivity contribution in [3.05, 3.63) is 55.0 Å². The summed E-state index contributed by atoms with van der Waals surface area (Å²) >= 11 is 0. The van der Waals surface area contributed by atoms with Gasteiger partial charge in [-0.25, -0.2) is 0 Å². The van der Waals surface area contributed by atoms with E-state index in [1.54, 1.807) is 0 Å². The van der Waals surface area contributed by atoms with Gasteiger partial charge in [-0.15, -0.1) is 0 Å². The molecule has 1 saturated heterocycles. The van der Waals surface area contributed by atoms with E-state index in [-0.39, 0.29) is 5.92 Å². The van der Waals surface area contributed by atoms with Crippen molar-refractivity contribution in [2.45, 2.75) is 12.8 Å². The van der Waals surface area contributed by atoms with Crippen LogP contribution in [-0.4, -0.2) is 36.4 Å². The summed E-state index contributed by atoms with van der Waals surface area (Å²) in [5.74, 6) is 0.245. The summed E-state index contributed by atoms with van der Waals surface area (Å²) in [5.41, 5.74) is 3.32. The van der Waals surface area contributed by atoms with Crippen LogP contribution in [0.2, 0.25) is 0 Å². The molecule has 1 aliphatic rings. The molecule has 0 saturated carbocycles. The third-order valence-electron chi connectivity index (χ3n) is 4.56. The molecule has 2 aromatic heterocycles. The van der Waals surface area contributed by atoms with Gasteiger partial charge in [-0.05, 0) is 31.0 Å². The highest BCUT2D eigenvalue weighted by Crippen LogP contribution is 2.24. The van der Waals surface area contributed by atoms with Crippen molar-refractivity contribution in [2.24, 2.45) is 5.92 Å². The number of aromatic nitrogens is 2. The van der Waals surface area contributed by atoms with Gasteiger partial charge in [0.1, 0.15) is 6.29 Å². The Morgan fingerprint density at radius 3 is 2.68 bits per heavy atom. The predicted molar refractivity (Wildman–Crippen MR) is 103 cm³/mol. The Bertz CT molecular complexity index is 792. The highest BCUT2D eigenvalue weighted by molar-refractivity contribution is 5.81. The molecule has 1 fully saturated rings. The Morgan fingerprint density at radius 2 is 2.04 bits per heavy atom. The van der Waals surface area contributed by atoms with Crippen LogP contribution < -0.4 is 10.2 Å². The monoisotopic (exact) mass is 336 g/mol. The van der Waals surface area contributed by atoms with Crippen LogP contribution in [0.5, 0.6) is 0 Å². The summed E-state index contributed by atoms with van der Waals surface area (Å²) in [6.45, 7) is 1.90. The zero-order valence-corrected chi connectivity index (χ0v) is 14.5. The first kappa shape index (κ1) is 17.0. The van der Waals surface area contributed by atoms with E-state index in [2.05, 4.69) is 32.3 Å². The molecule has 1 aromatic carbocycles. The van der Waals surface area contributed by atoms with Gasteiger partial charge in [0.05, 0.1) is 23.1 Å². The summed E-state index contributed by atoms with van der Waals surface area (Å²) in [4.78, 5) is 20.5. The molecule has 5 heteroatoms. The minimum absolute atomic E-state index is 0.245. The highest BCUT2D eigenvalue weighted by atomic mass is 16.1. The summed E-state index contributed by atoms with van der Waals surface area (Å²) in [6.07, 6.45) is 8.72. The summed E-state index contributed by atoms with van der Waals surface area (Å²) in [5, 5.41) is 4.15. The van der Waals surface area contributed by atoms with Gasteiger partial charge in [0.15, 0.2) is 0 Å². The molecule has 3 aromatic rings. The van der Waals surface area contributed by atoms with Gasteiger partial charge < -0.3 is 20.0 Å². The lowest BCUT2D eigenvalue weighted by molar-refractivity contribution is -0.111. The Hall–Kier alpha value is -2.82. The number of benzene rings is 1. The minimum atomic E-state index is 0.245. The molecule has 1 aliphatic heterocycles. The number of hydrogen-bond donors (Lipinski definition) is 2. The van der Waals surface area contributed by atoms with Gasteiger partial charge in [0, 0.05) is 43.8 Å². The molecule has 5 nitrogen and oxygen atoms in total. The molecule has 25 heavy (non-hydrogen) atoms. The number of hydrogen-bond acceptors (Lipinski definition) is 4. The molecule has 0 unspecified atom stereocenters. The van der Waals surface area contributed by atoms with E-state index in [1.165, 1.54) is 5.39 Å². The molecule has 0 bridgehead atoms. The maximum Gasteiger partial charge on any atom is 0.123 e. The van der Waals surface area contributed by atoms with E-state index in [1.807, 2.05) is 49.9 Å². The number of carbonyl (C=O) groups excluding carboxylic acids is 1. The number of carbonyl (C=O) groups is 1. The van der Waals surface area contributed by atoms with E-state index in [4.69, 9.17) is 0 Å². The van der Waals surface area contributed by atoms with Crippen LogP contribution in [0.15, 0.2) is 55.0 Å². The Balaban J connectivity index is 0.000000219. The van der Waals surface area contributed by atoms with Gasteiger partial charge in [0.25, 0.3) is 0 Å². The van der Waals surface area contributed by atoms with Crippen LogP contribution in [-0.2, 0) is 4.79 Å². The van der Waals surface area contributed by atoms with E-state index in [0.717, 1.165) is 49.1 Å². The molecule has 130 valence electrons. The number of nitrogens with zero attached hydrogens (tertiary/aromatic N) is 2. The molecule has 0 spiro atoms. The van der Waals surface area contributed by atoms with E-state index in [0.29, 0.717) is 0 Å². The van der Waals surface area contributed by atoms with Crippen LogP contribution in [0.4, 0.5) is 11.4 Å². The third-order valence-corrected chi connectivity index (χ3v) is 4.56. The molecule has 4 rings (SSSR count). The molecule has 0 aliphatic carbocycles. The quantitative estimate of drug-likeness (QED) is 0.716.